The lowest BCUT2D eigenvalue weighted by atomic mass is 10.1. The van der Waals surface area contributed by atoms with Gasteiger partial charge in [0.2, 0.25) is 0 Å². The summed E-state index contributed by atoms with van der Waals surface area (Å²) in [7, 11) is -3.73. The van der Waals surface area contributed by atoms with E-state index in [0.717, 1.165) is 11.1 Å². The number of hydrogen-bond donors (Lipinski definition) is 1. The van der Waals surface area contributed by atoms with Gasteiger partial charge in [-0.05, 0) is 61.4 Å². The van der Waals surface area contributed by atoms with Crippen LogP contribution in [0.5, 0.6) is 5.75 Å². The zero-order valence-corrected chi connectivity index (χ0v) is 23.5. The maximum absolute atomic E-state index is 13.7. The van der Waals surface area contributed by atoms with E-state index >= 15 is 0 Å². The number of rotatable bonds is 11. The largest absolute Gasteiger partial charge is 0.478 e. The summed E-state index contributed by atoms with van der Waals surface area (Å²) in [5.74, 6) is -0.950. The zero-order valence-electron chi connectivity index (χ0n) is 22.7. The van der Waals surface area contributed by atoms with E-state index in [-0.39, 0.29) is 23.2 Å². The Balaban J connectivity index is 1.60. The Morgan fingerprint density at radius 2 is 1.59 bits per heavy atom. The van der Waals surface area contributed by atoms with E-state index in [1.165, 1.54) is 13.8 Å². The van der Waals surface area contributed by atoms with E-state index in [9.17, 15) is 18.3 Å². The number of aromatic nitrogens is 1. The van der Waals surface area contributed by atoms with Crippen LogP contribution >= 0.6 is 0 Å². The van der Waals surface area contributed by atoms with Crippen LogP contribution in [0.3, 0.4) is 0 Å². The smallest absolute Gasteiger partial charge is 0.347 e. The van der Waals surface area contributed by atoms with Crippen molar-refractivity contribution in [3.8, 4) is 5.75 Å². The first kappa shape index (κ1) is 27.9. The molecule has 0 saturated heterocycles. The van der Waals surface area contributed by atoms with Crippen molar-refractivity contribution in [3.05, 3.63) is 120 Å². The summed E-state index contributed by atoms with van der Waals surface area (Å²) in [6.07, 6.45) is 0. The molecule has 1 heterocycles. The molecule has 0 aliphatic rings. The summed E-state index contributed by atoms with van der Waals surface area (Å²) in [6, 6.07) is 31.7. The summed E-state index contributed by atoms with van der Waals surface area (Å²) in [4.78, 5) is 18.4. The van der Waals surface area contributed by atoms with Crippen molar-refractivity contribution in [3.63, 3.8) is 0 Å². The highest BCUT2D eigenvalue weighted by Gasteiger charge is 2.32. The lowest BCUT2D eigenvalue weighted by Crippen LogP contribution is -2.38. The first-order valence-corrected chi connectivity index (χ1v) is 14.7. The second-order valence-corrected chi connectivity index (χ2v) is 12.2. The van der Waals surface area contributed by atoms with Crippen LogP contribution in [0.25, 0.3) is 11.1 Å². The number of fused-ring (bicyclic) bond motifs is 1. The maximum atomic E-state index is 13.7. The topological polar surface area (TPSA) is 110 Å². The molecule has 1 N–H and O–H groups in total. The number of ether oxygens (including phenoxy) is 1. The number of para-hydroxylation sites is 2. The average Bonchev–Trinajstić information content (AvgIpc) is 3.40. The number of benzene rings is 4. The quantitative estimate of drug-likeness (QED) is 0.197. The number of carboxylic acids is 1. The number of oxazole rings is 1. The summed E-state index contributed by atoms with van der Waals surface area (Å²) in [6.45, 7) is 3.17. The Bertz CT molecular complexity index is 1720. The molecule has 0 aliphatic carbocycles. The Labute approximate surface area is 238 Å². The van der Waals surface area contributed by atoms with E-state index in [1.54, 1.807) is 48.5 Å². The third kappa shape index (κ3) is 6.41. The van der Waals surface area contributed by atoms with E-state index in [4.69, 9.17) is 14.1 Å². The molecule has 0 spiro atoms. The first-order valence-electron chi connectivity index (χ1n) is 13.1. The summed E-state index contributed by atoms with van der Waals surface area (Å²) >= 11 is 0. The Morgan fingerprint density at radius 3 is 2.27 bits per heavy atom. The molecule has 1 aromatic heterocycles. The molecular weight excluding hydrogens is 540 g/mol. The van der Waals surface area contributed by atoms with Gasteiger partial charge < -0.3 is 19.2 Å². The number of hydrogen-bond acceptors (Lipinski definition) is 7. The second-order valence-electron chi connectivity index (χ2n) is 10.2. The molecule has 1 unspecified atom stereocenters. The van der Waals surface area contributed by atoms with Crippen molar-refractivity contribution in [2.24, 2.45) is 0 Å². The fourth-order valence-electron chi connectivity index (χ4n) is 4.51. The minimum absolute atomic E-state index is 0.210. The molecule has 8 nitrogen and oxygen atoms in total. The van der Waals surface area contributed by atoms with Gasteiger partial charge in [0.05, 0.1) is 16.7 Å². The molecule has 0 bridgehead atoms. The average molecular weight is 571 g/mol. The van der Waals surface area contributed by atoms with Crippen LogP contribution in [0.15, 0.2) is 119 Å². The van der Waals surface area contributed by atoms with E-state index < -0.39 is 27.4 Å². The van der Waals surface area contributed by atoms with E-state index in [1.807, 2.05) is 65.6 Å². The standard InChI is InChI=1S/C32H30N2O6S/c1-32(2,30(35)36)40-25-15-11-12-23(20-25)21-34(31-33-27-18-9-10-19-29(27)39-31)28(24-13-5-3-6-14-24)22-41(37,38)26-16-7-4-8-17-26/h3-20,28H,21-22H2,1-2H3,(H,35,36). The molecule has 5 rings (SSSR count). The van der Waals surface area contributed by atoms with E-state index in [2.05, 4.69) is 0 Å². The molecule has 0 radical (unpaired) electrons. The van der Waals surface area contributed by atoms with Gasteiger partial charge in [-0.2, -0.15) is 4.98 Å². The number of aliphatic carboxylic acids is 1. The summed E-state index contributed by atoms with van der Waals surface area (Å²) in [5, 5.41) is 9.53. The van der Waals surface area contributed by atoms with Gasteiger partial charge in [-0.1, -0.05) is 72.8 Å². The van der Waals surface area contributed by atoms with Gasteiger partial charge in [0.25, 0.3) is 6.01 Å². The van der Waals surface area contributed by atoms with Crippen LogP contribution < -0.4 is 9.64 Å². The van der Waals surface area contributed by atoms with Gasteiger partial charge >= 0.3 is 5.97 Å². The predicted molar refractivity (Wildman–Crippen MR) is 157 cm³/mol. The van der Waals surface area contributed by atoms with Crippen LogP contribution in [0, 0.1) is 0 Å². The van der Waals surface area contributed by atoms with Crippen LogP contribution in [0.4, 0.5) is 6.01 Å². The Hall–Kier alpha value is -4.63. The van der Waals surface area contributed by atoms with Crippen LogP contribution in [-0.4, -0.2) is 35.8 Å². The molecule has 41 heavy (non-hydrogen) atoms. The molecule has 4 aromatic carbocycles. The lowest BCUT2D eigenvalue weighted by molar-refractivity contribution is -0.152. The SMILES string of the molecule is CC(C)(Oc1cccc(CN(c2nc3ccccc3o2)C(CS(=O)(=O)c2ccccc2)c2ccccc2)c1)C(=O)O. The maximum Gasteiger partial charge on any atom is 0.347 e. The zero-order chi connectivity index (χ0) is 29.0. The first-order chi connectivity index (χ1) is 19.6. The molecule has 0 amide bonds. The number of anilines is 1. The molecule has 0 aliphatic heterocycles. The minimum Gasteiger partial charge on any atom is -0.478 e. The molecule has 0 fully saturated rings. The van der Waals surface area contributed by atoms with Gasteiger partial charge in [0.1, 0.15) is 11.3 Å². The normalized spacial score (nSPS) is 12.6. The second kappa shape index (κ2) is 11.5. The van der Waals surface area contributed by atoms with Crippen molar-refractivity contribution in [2.45, 2.75) is 36.9 Å². The summed E-state index contributed by atoms with van der Waals surface area (Å²) < 4.78 is 39.3. The molecule has 0 saturated carbocycles. The van der Waals surface area contributed by atoms with Crippen molar-refractivity contribution in [1.82, 2.24) is 4.98 Å². The highest BCUT2D eigenvalue weighted by atomic mass is 32.2. The molecular formula is C32H30N2O6S. The fraction of sp³-hybridized carbons (Fsp3) is 0.188. The summed E-state index contributed by atoms with van der Waals surface area (Å²) in [5.41, 5.74) is 1.31. The monoisotopic (exact) mass is 570 g/mol. The molecule has 9 heteroatoms. The van der Waals surface area contributed by atoms with Gasteiger partial charge in [-0.3, -0.25) is 0 Å². The molecule has 1 atom stereocenters. The highest BCUT2D eigenvalue weighted by molar-refractivity contribution is 7.91. The molecule has 210 valence electrons. The van der Waals surface area contributed by atoms with Gasteiger partial charge in [-0.15, -0.1) is 0 Å². The third-order valence-corrected chi connectivity index (χ3v) is 8.45. The fourth-order valence-corrected chi connectivity index (χ4v) is 6.06. The van der Waals surface area contributed by atoms with Crippen LogP contribution in [0.1, 0.15) is 31.0 Å². The van der Waals surface area contributed by atoms with Gasteiger partial charge in [0, 0.05) is 6.54 Å². The number of carbonyl (C=O) groups is 1. The van der Waals surface area contributed by atoms with Crippen LogP contribution in [0.2, 0.25) is 0 Å². The van der Waals surface area contributed by atoms with Crippen molar-refractivity contribution in [2.75, 3.05) is 10.7 Å². The Morgan fingerprint density at radius 1 is 0.927 bits per heavy atom. The predicted octanol–water partition coefficient (Wildman–Crippen LogP) is 6.29. The third-order valence-electron chi connectivity index (χ3n) is 6.71. The van der Waals surface area contributed by atoms with Crippen molar-refractivity contribution in [1.29, 1.82) is 0 Å². The Kier molecular flexibility index (Phi) is 7.81. The lowest BCUT2D eigenvalue weighted by Gasteiger charge is -2.31. The minimum atomic E-state index is -3.73. The molecule has 5 aromatic rings. The van der Waals surface area contributed by atoms with Gasteiger partial charge in [-0.25, -0.2) is 13.2 Å². The van der Waals surface area contributed by atoms with Crippen LogP contribution in [-0.2, 0) is 21.2 Å². The van der Waals surface area contributed by atoms with Crippen molar-refractivity contribution >= 4 is 32.9 Å². The van der Waals surface area contributed by atoms with Crippen molar-refractivity contribution < 1.29 is 27.5 Å². The van der Waals surface area contributed by atoms with Gasteiger partial charge in [0.15, 0.2) is 21.0 Å². The number of nitrogens with zero attached hydrogens (tertiary/aromatic N) is 2. The number of sulfone groups is 1. The highest BCUT2D eigenvalue weighted by Crippen LogP contribution is 2.34. The number of carboxylic acid groups (broad SMARTS) is 1. The van der Waals surface area contributed by atoms with E-state index in [0.29, 0.717) is 16.8 Å².